The maximum atomic E-state index is 14.1. The molecule has 55 heavy (non-hydrogen) atoms. The Balaban J connectivity index is 1.16. The number of carbonyl (C=O) groups is 6. The zero-order chi connectivity index (χ0) is 38.3. The summed E-state index contributed by atoms with van der Waals surface area (Å²) in [5, 5.41) is 2.03. The summed E-state index contributed by atoms with van der Waals surface area (Å²) in [6, 6.07) is 24.9. The molecule has 6 aromatic rings. The number of amides is 4. The molecule has 0 saturated heterocycles. The van der Waals surface area contributed by atoms with Gasteiger partial charge in [0.25, 0.3) is 23.6 Å². The first-order chi connectivity index (χ1) is 26.6. The highest BCUT2D eigenvalue weighted by atomic mass is 35.5. The molecule has 1 aromatic heterocycles. The van der Waals surface area contributed by atoms with Gasteiger partial charge in [0, 0.05) is 37.9 Å². The molecule has 1 aliphatic carbocycles. The van der Waals surface area contributed by atoms with Crippen LogP contribution in [0.1, 0.15) is 99.1 Å². The molecule has 3 aliphatic rings. The van der Waals surface area contributed by atoms with Crippen LogP contribution in [-0.4, -0.2) is 50.8 Å². The Morgan fingerprint density at radius 3 is 1.98 bits per heavy atom. The highest BCUT2D eigenvalue weighted by Gasteiger charge is 2.43. The number of hydrogen-bond donors (Lipinski definition) is 0. The number of ketones is 2. The third kappa shape index (κ3) is 5.42. The van der Waals surface area contributed by atoms with Gasteiger partial charge in [0.15, 0.2) is 11.6 Å². The van der Waals surface area contributed by atoms with Crippen molar-refractivity contribution in [1.82, 2.24) is 9.88 Å². The van der Waals surface area contributed by atoms with E-state index in [1.54, 1.807) is 66.4 Å². The first-order valence-corrected chi connectivity index (χ1v) is 19.3. The number of carbonyl (C=O) groups excluding carboxylic acids is 6. The van der Waals surface area contributed by atoms with Gasteiger partial charge in [-0.05, 0) is 77.7 Å². The number of halogens is 2. The highest BCUT2D eigenvalue weighted by Crippen LogP contribution is 2.41. The molecule has 5 aromatic carbocycles. The smallest absolute Gasteiger partial charge is 0.266 e. The summed E-state index contributed by atoms with van der Waals surface area (Å²) < 4.78 is 0. The van der Waals surface area contributed by atoms with Gasteiger partial charge in [0.1, 0.15) is 5.92 Å². The standard InChI is InChI=1S/C43H27Cl2N3O6S/c1-2-3-16-55-23-11-12-25-30(17-23)43(54)48(42(25)53)34-15-10-22(20-47-40(51)26-8-4-6-21-7-5-9-27(35(21)26)41(47)52)24-13-14-33(46-37(24)34)36-38(49)28-18-31(44)32(45)19-29(28)39(36)50/h4-15,17-19,36H,2-3,16,20H2,1H3. The molecule has 0 saturated carbocycles. The predicted molar refractivity (Wildman–Crippen MR) is 211 cm³/mol. The fraction of sp³-hybridized carbons (Fsp3) is 0.140. The lowest BCUT2D eigenvalue weighted by Gasteiger charge is -2.28. The summed E-state index contributed by atoms with van der Waals surface area (Å²) in [5.74, 6) is -3.55. The van der Waals surface area contributed by atoms with Crippen LogP contribution < -0.4 is 4.90 Å². The van der Waals surface area contributed by atoms with Gasteiger partial charge in [-0.1, -0.05) is 72.9 Å². The minimum Gasteiger partial charge on any atom is -0.293 e. The molecule has 0 radical (unpaired) electrons. The molecule has 0 spiro atoms. The van der Waals surface area contributed by atoms with Crippen LogP contribution in [0.5, 0.6) is 0 Å². The van der Waals surface area contributed by atoms with Crippen molar-refractivity contribution in [1.29, 1.82) is 0 Å². The van der Waals surface area contributed by atoms with Crippen molar-refractivity contribution in [2.75, 3.05) is 10.7 Å². The lowest BCUT2D eigenvalue weighted by atomic mass is 9.93. The van der Waals surface area contributed by atoms with Crippen molar-refractivity contribution in [3.05, 3.63) is 146 Å². The minimum atomic E-state index is -1.34. The van der Waals surface area contributed by atoms with Gasteiger partial charge >= 0.3 is 0 Å². The molecule has 0 bridgehead atoms. The fourth-order valence-corrected chi connectivity index (χ4v) is 9.03. The molecule has 4 amide bonds. The lowest BCUT2D eigenvalue weighted by Crippen LogP contribution is -2.39. The first kappa shape index (κ1) is 35.0. The zero-order valence-electron chi connectivity index (χ0n) is 29.0. The van der Waals surface area contributed by atoms with E-state index in [2.05, 4.69) is 6.92 Å². The molecule has 0 N–H and O–H groups in total. The molecule has 9 rings (SSSR count). The predicted octanol–water partition coefficient (Wildman–Crippen LogP) is 9.35. The number of pyridine rings is 1. The Morgan fingerprint density at radius 2 is 1.33 bits per heavy atom. The molecule has 12 heteroatoms. The van der Waals surface area contributed by atoms with Gasteiger partial charge in [-0.15, -0.1) is 11.8 Å². The van der Waals surface area contributed by atoms with E-state index in [9.17, 15) is 28.8 Å². The Hall–Kier alpha value is -5.68. The molecule has 9 nitrogen and oxygen atoms in total. The van der Waals surface area contributed by atoms with Crippen molar-refractivity contribution in [2.45, 2.75) is 37.1 Å². The maximum absolute atomic E-state index is 14.1. The number of anilines is 1. The number of rotatable bonds is 8. The highest BCUT2D eigenvalue weighted by molar-refractivity contribution is 7.99. The number of hydrogen-bond acceptors (Lipinski definition) is 8. The van der Waals surface area contributed by atoms with Crippen LogP contribution in [-0.2, 0) is 6.54 Å². The second-order valence-electron chi connectivity index (χ2n) is 13.6. The number of imide groups is 2. The van der Waals surface area contributed by atoms with Crippen molar-refractivity contribution in [2.24, 2.45) is 0 Å². The van der Waals surface area contributed by atoms with E-state index in [0.29, 0.717) is 27.5 Å². The van der Waals surface area contributed by atoms with Gasteiger partial charge in [-0.3, -0.25) is 33.7 Å². The largest absolute Gasteiger partial charge is 0.293 e. The average molecular weight is 785 g/mol. The topological polar surface area (TPSA) is 122 Å². The van der Waals surface area contributed by atoms with E-state index in [4.69, 9.17) is 28.2 Å². The van der Waals surface area contributed by atoms with Crippen molar-refractivity contribution in [3.8, 4) is 0 Å². The van der Waals surface area contributed by atoms with Crippen LogP contribution in [0.4, 0.5) is 5.69 Å². The summed E-state index contributed by atoms with van der Waals surface area (Å²) in [4.78, 5) is 91.4. The minimum absolute atomic E-state index is 0.0845. The fourth-order valence-electron chi connectivity index (χ4n) is 7.67. The van der Waals surface area contributed by atoms with Crippen LogP contribution in [0.25, 0.3) is 21.7 Å². The van der Waals surface area contributed by atoms with E-state index in [0.717, 1.165) is 38.7 Å². The second-order valence-corrected chi connectivity index (χ2v) is 15.6. The number of fused-ring (bicyclic) bond motifs is 3. The third-order valence-corrected chi connectivity index (χ3v) is 12.2. The average Bonchev–Trinajstić information content (AvgIpc) is 3.57. The summed E-state index contributed by atoms with van der Waals surface area (Å²) in [6.45, 7) is 1.94. The van der Waals surface area contributed by atoms with Gasteiger partial charge in [0.05, 0.1) is 44.6 Å². The van der Waals surface area contributed by atoms with Crippen LogP contribution >= 0.6 is 35.0 Å². The van der Waals surface area contributed by atoms with Crippen LogP contribution in [0.15, 0.2) is 95.9 Å². The molecule has 0 unspecified atom stereocenters. The summed E-state index contributed by atoms with van der Waals surface area (Å²) >= 11 is 14.0. The Kier molecular flexibility index (Phi) is 8.45. The number of nitrogens with zero attached hydrogens (tertiary/aromatic N) is 3. The van der Waals surface area contributed by atoms with Crippen molar-refractivity contribution >= 4 is 97.5 Å². The van der Waals surface area contributed by atoms with E-state index in [1.165, 1.54) is 18.2 Å². The zero-order valence-corrected chi connectivity index (χ0v) is 31.3. The number of Topliss-reactive ketones (excluding diaryl/α,β-unsaturated/α-hetero) is 2. The molecule has 2 aliphatic heterocycles. The molecular weight excluding hydrogens is 757 g/mol. The summed E-state index contributed by atoms with van der Waals surface area (Å²) in [5.41, 5.74) is 2.34. The molecule has 0 atom stereocenters. The first-order valence-electron chi connectivity index (χ1n) is 17.6. The molecule has 270 valence electrons. The number of benzene rings is 5. The van der Waals surface area contributed by atoms with E-state index in [1.807, 2.05) is 18.2 Å². The number of unbranched alkanes of at least 4 members (excludes halogenated alkanes) is 1. The third-order valence-electron chi connectivity index (χ3n) is 10.4. The Morgan fingerprint density at radius 1 is 0.673 bits per heavy atom. The molecule has 0 fully saturated rings. The normalized spacial score (nSPS) is 15.3. The van der Waals surface area contributed by atoms with Crippen LogP contribution in [0, 0.1) is 0 Å². The van der Waals surface area contributed by atoms with E-state index >= 15 is 0 Å². The van der Waals surface area contributed by atoms with E-state index in [-0.39, 0.29) is 55.7 Å². The summed E-state index contributed by atoms with van der Waals surface area (Å²) in [7, 11) is 0. The number of thioether (sulfide) groups is 1. The Bertz CT molecular complexity index is 2690. The molecule has 3 heterocycles. The van der Waals surface area contributed by atoms with Gasteiger partial charge < -0.3 is 0 Å². The maximum Gasteiger partial charge on any atom is 0.266 e. The number of aromatic nitrogens is 1. The van der Waals surface area contributed by atoms with Gasteiger partial charge in [-0.2, -0.15) is 0 Å². The van der Waals surface area contributed by atoms with Crippen LogP contribution in [0.3, 0.4) is 0 Å². The van der Waals surface area contributed by atoms with Crippen molar-refractivity contribution < 1.29 is 28.8 Å². The SMILES string of the molecule is CCCCSc1ccc2c(c1)C(=O)N(c1ccc(CN3C(=O)c4cccc5cccc(c45)C3=O)c3ccc(C4C(=O)c5cc(Cl)c(Cl)cc5C4=O)nc13)C2=O. The quantitative estimate of drug-likeness (QED) is 0.0648. The monoisotopic (exact) mass is 783 g/mol. The van der Waals surface area contributed by atoms with Crippen molar-refractivity contribution in [3.63, 3.8) is 0 Å². The summed E-state index contributed by atoms with van der Waals surface area (Å²) in [6.07, 6.45) is 2.03. The second kappa shape index (κ2) is 13.3. The van der Waals surface area contributed by atoms with Gasteiger partial charge in [0.2, 0.25) is 0 Å². The molecular formula is C43H27Cl2N3O6S. The Labute approximate surface area is 328 Å². The van der Waals surface area contributed by atoms with Crippen LogP contribution in [0.2, 0.25) is 10.0 Å². The van der Waals surface area contributed by atoms with E-state index < -0.39 is 41.1 Å². The van der Waals surface area contributed by atoms with Gasteiger partial charge in [-0.25, -0.2) is 9.88 Å². The lowest BCUT2D eigenvalue weighted by molar-refractivity contribution is 0.0597.